The van der Waals surface area contributed by atoms with Crippen LogP contribution < -0.4 is 10.1 Å². The van der Waals surface area contributed by atoms with Crippen LogP contribution >= 0.6 is 0 Å². The maximum atomic E-state index is 12.0. The van der Waals surface area contributed by atoms with E-state index in [4.69, 9.17) is 4.74 Å². The Labute approximate surface area is 142 Å². The van der Waals surface area contributed by atoms with Crippen molar-refractivity contribution >= 4 is 17.7 Å². The maximum absolute atomic E-state index is 12.0. The molecule has 0 saturated carbocycles. The van der Waals surface area contributed by atoms with E-state index in [1.54, 1.807) is 0 Å². The molecule has 1 fully saturated rings. The van der Waals surface area contributed by atoms with Crippen LogP contribution in [0.25, 0.3) is 0 Å². The van der Waals surface area contributed by atoms with Crippen LogP contribution in [-0.4, -0.2) is 35.3 Å². The standard InChI is InChI=1S/C18H24N2O4/c1-12(2)24-15-6-4-14(5-7-15)13(3)19-16(21)10-11-20-17(22)8-9-18(20)23/h4-7,12-13H,8-11H2,1-3H3,(H,19,21). The van der Waals surface area contributed by atoms with Crippen LogP contribution in [0.3, 0.4) is 0 Å². The number of rotatable bonds is 7. The van der Waals surface area contributed by atoms with E-state index in [2.05, 4.69) is 5.32 Å². The van der Waals surface area contributed by atoms with E-state index in [9.17, 15) is 14.4 Å². The Balaban J connectivity index is 1.82. The summed E-state index contributed by atoms with van der Waals surface area (Å²) in [6.45, 7) is 5.97. The minimum absolute atomic E-state index is 0.115. The van der Waals surface area contributed by atoms with Crippen LogP contribution in [0.1, 0.15) is 51.6 Å². The zero-order chi connectivity index (χ0) is 17.7. The molecule has 24 heavy (non-hydrogen) atoms. The number of likely N-dealkylation sites (tertiary alicyclic amines) is 1. The first kappa shape index (κ1) is 18.0. The number of imide groups is 1. The van der Waals surface area contributed by atoms with Gasteiger partial charge in [0.15, 0.2) is 0 Å². The van der Waals surface area contributed by atoms with Crippen molar-refractivity contribution in [1.29, 1.82) is 0 Å². The number of carbonyl (C=O) groups is 3. The molecule has 0 aromatic heterocycles. The second-order valence-corrected chi connectivity index (χ2v) is 6.21. The normalized spacial score (nSPS) is 15.8. The Morgan fingerprint density at radius 1 is 1.12 bits per heavy atom. The van der Waals surface area contributed by atoms with Gasteiger partial charge in [-0.05, 0) is 38.5 Å². The molecule has 130 valence electrons. The molecular weight excluding hydrogens is 308 g/mol. The average molecular weight is 332 g/mol. The van der Waals surface area contributed by atoms with Gasteiger partial charge in [-0.3, -0.25) is 19.3 Å². The minimum atomic E-state index is -0.193. The van der Waals surface area contributed by atoms with E-state index in [0.717, 1.165) is 11.3 Å². The van der Waals surface area contributed by atoms with Gasteiger partial charge in [0.25, 0.3) is 0 Å². The number of carbonyl (C=O) groups excluding carboxylic acids is 3. The van der Waals surface area contributed by atoms with Gasteiger partial charge in [0.05, 0.1) is 12.1 Å². The highest BCUT2D eigenvalue weighted by molar-refractivity contribution is 6.02. The average Bonchev–Trinajstić information content (AvgIpc) is 2.84. The smallest absolute Gasteiger partial charge is 0.229 e. The first-order valence-corrected chi connectivity index (χ1v) is 8.26. The predicted octanol–water partition coefficient (Wildman–Crippen LogP) is 2.19. The van der Waals surface area contributed by atoms with Crippen molar-refractivity contribution in [3.8, 4) is 5.75 Å². The number of hydrogen-bond donors (Lipinski definition) is 1. The summed E-state index contributed by atoms with van der Waals surface area (Å²) in [4.78, 5) is 36.2. The highest BCUT2D eigenvalue weighted by Crippen LogP contribution is 2.19. The zero-order valence-corrected chi connectivity index (χ0v) is 14.4. The SMILES string of the molecule is CC(C)Oc1ccc(C(C)NC(=O)CCN2C(=O)CCC2=O)cc1. The lowest BCUT2D eigenvalue weighted by atomic mass is 10.1. The Morgan fingerprint density at radius 2 is 1.71 bits per heavy atom. The minimum Gasteiger partial charge on any atom is -0.491 e. The number of nitrogens with zero attached hydrogens (tertiary/aromatic N) is 1. The van der Waals surface area contributed by atoms with Crippen molar-refractivity contribution in [2.75, 3.05) is 6.54 Å². The summed E-state index contributed by atoms with van der Waals surface area (Å²) in [5, 5.41) is 2.88. The van der Waals surface area contributed by atoms with Gasteiger partial charge in [0.1, 0.15) is 5.75 Å². The van der Waals surface area contributed by atoms with Crippen LogP contribution in [0.4, 0.5) is 0 Å². The summed E-state index contributed by atoms with van der Waals surface area (Å²) in [5.41, 5.74) is 0.966. The summed E-state index contributed by atoms with van der Waals surface area (Å²) < 4.78 is 5.59. The summed E-state index contributed by atoms with van der Waals surface area (Å²) in [7, 11) is 0. The second kappa shape index (κ2) is 7.95. The molecule has 1 heterocycles. The molecule has 1 saturated heterocycles. The van der Waals surface area contributed by atoms with Crippen molar-refractivity contribution < 1.29 is 19.1 Å². The van der Waals surface area contributed by atoms with Gasteiger partial charge >= 0.3 is 0 Å². The number of amides is 3. The quantitative estimate of drug-likeness (QED) is 0.777. The molecular formula is C18H24N2O4. The van der Waals surface area contributed by atoms with Gasteiger partial charge in [-0.1, -0.05) is 12.1 Å². The van der Waals surface area contributed by atoms with Crippen LogP contribution in [0.15, 0.2) is 24.3 Å². The van der Waals surface area contributed by atoms with Crippen molar-refractivity contribution in [2.45, 2.75) is 52.2 Å². The molecule has 2 rings (SSSR count). The van der Waals surface area contributed by atoms with Gasteiger partial charge in [-0.2, -0.15) is 0 Å². The fourth-order valence-electron chi connectivity index (χ4n) is 2.59. The lowest BCUT2D eigenvalue weighted by molar-refractivity contribution is -0.138. The van der Waals surface area contributed by atoms with E-state index in [0.29, 0.717) is 0 Å². The monoisotopic (exact) mass is 332 g/mol. The summed E-state index contributed by atoms with van der Waals surface area (Å²) >= 11 is 0. The van der Waals surface area contributed by atoms with Crippen LogP contribution in [0.2, 0.25) is 0 Å². The molecule has 0 spiro atoms. The fourth-order valence-corrected chi connectivity index (χ4v) is 2.59. The van der Waals surface area contributed by atoms with E-state index in [1.807, 2.05) is 45.0 Å². The van der Waals surface area contributed by atoms with Gasteiger partial charge in [-0.25, -0.2) is 0 Å². The van der Waals surface area contributed by atoms with Crippen molar-refractivity contribution in [3.63, 3.8) is 0 Å². The first-order valence-electron chi connectivity index (χ1n) is 8.26. The zero-order valence-electron chi connectivity index (χ0n) is 14.4. The first-order chi connectivity index (χ1) is 11.4. The predicted molar refractivity (Wildman–Crippen MR) is 89.3 cm³/mol. The number of hydrogen-bond acceptors (Lipinski definition) is 4. The molecule has 0 aliphatic carbocycles. The Hall–Kier alpha value is -2.37. The Bertz CT molecular complexity index is 594. The molecule has 0 radical (unpaired) electrons. The molecule has 6 nitrogen and oxygen atoms in total. The molecule has 0 bridgehead atoms. The van der Waals surface area contributed by atoms with E-state index < -0.39 is 0 Å². The van der Waals surface area contributed by atoms with Crippen molar-refractivity contribution in [1.82, 2.24) is 10.2 Å². The number of benzene rings is 1. The summed E-state index contributed by atoms with van der Waals surface area (Å²) in [6, 6.07) is 7.42. The molecule has 1 aromatic rings. The van der Waals surface area contributed by atoms with E-state index in [-0.39, 0.29) is 55.7 Å². The highest BCUT2D eigenvalue weighted by atomic mass is 16.5. The largest absolute Gasteiger partial charge is 0.491 e. The third-order valence-electron chi connectivity index (χ3n) is 3.85. The molecule has 6 heteroatoms. The maximum Gasteiger partial charge on any atom is 0.229 e. The molecule has 1 aromatic carbocycles. The molecule has 3 amide bonds. The van der Waals surface area contributed by atoms with Gasteiger partial charge in [0, 0.05) is 25.8 Å². The summed E-state index contributed by atoms with van der Waals surface area (Å²) in [5.74, 6) is 0.221. The molecule has 1 unspecified atom stereocenters. The topological polar surface area (TPSA) is 75.7 Å². The summed E-state index contributed by atoms with van der Waals surface area (Å²) in [6.07, 6.45) is 0.739. The van der Waals surface area contributed by atoms with E-state index >= 15 is 0 Å². The van der Waals surface area contributed by atoms with Gasteiger partial charge in [0.2, 0.25) is 17.7 Å². The van der Waals surface area contributed by atoms with Gasteiger partial charge in [-0.15, -0.1) is 0 Å². The van der Waals surface area contributed by atoms with Crippen molar-refractivity contribution in [3.05, 3.63) is 29.8 Å². The third kappa shape index (κ3) is 4.81. The van der Waals surface area contributed by atoms with Crippen LogP contribution in [-0.2, 0) is 14.4 Å². The number of nitrogens with one attached hydrogen (secondary N) is 1. The fraction of sp³-hybridized carbons (Fsp3) is 0.500. The molecule has 1 atom stereocenters. The molecule has 1 aliphatic rings. The van der Waals surface area contributed by atoms with Crippen LogP contribution in [0.5, 0.6) is 5.75 Å². The lowest BCUT2D eigenvalue weighted by Gasteiger charge is -2.17. The highest BCUT2D eigenvalue weighted by Gasteiger charge is 2.28. The Morgan fingerprint density at radius 3 is 2.25 bits per heavy atom. The second-order valence-electron chi connectivity index (χ2n) is 6.21. The molecule has 1 aliphatic heterocycles. The third-order valence-corrected chi connectivity index (χ3v) is 3.85. The van der Waals surface area contributed by atoms with Gasteiger partial charge < -0.3 is 10.1 Å². The van der Waals surface area contributed by atoms with E-state index in [1.165, 1.54) is 4.90 Å². The Kier molecular flexibility index (Phi) is 5.95. The lowest BCUT2D eigenvalue weighted by Crippen LogP contribution is -2.34. The number of ether oxygens (including phenoxy) is 1. The van der Waals surface area contributed by atoms with Crippen LogP contribution in [0, 0.1) is 0 Å². The molecule has 1 N–H and O–H groups in total. The van der Waals surface area contributed by atoms with Crippen molar-refractivity contribution in [2.24, 2.45) is 0 Å².